The molecule has 0 aliphatic carbocycles. The number of hydrogen-bond donors (Lipinski definition) is 1. The van der Waals surface area contributed by atoms with Crippen LogP contribution in [0.4, 0.5) is 5.95 Å². The molecule has 1 aliphatic rings. The van der Waals surface area contributed by atoms with Gasteiger partial charge in [-0.2, -0.15) is 0 Å². The summed E-state index contributed by atoms with van der Waals surface area (Å²) in [7, 11) is 2.15. The zero-order valence-corrected chi connectivity index (χ0v) is 12.1. The van der Waals surface area contributed by atoms with Gasteiger partial charge in [-0.3, -0.25) is 4.90 Å². The third-order valence-corrected chi connectivity index (χ3v) is 3.77. The van der Waals surface area contributed by atoms with E-state index in [9.17, 15) is 0 Å². The van der Waals surface area contributed by atoms with Crippen LogP contribution in [0.25, 0.3) is 0 Å². The maximum atomic E-state index is 5.98. The van der Waals surface area contributed by atoms with Gasteiger partial charge >= 0.3 is 0 Å². The van der Waals surface area contributed by atoms with Crippen molar-refractivity contribution < 1.29 is 4.74 Å². The number of ether oxygens (including phenoxy) is 1. The summed E-state index contributed by atoms with van der Waals surface area (Å²) in [5.41, 5.74) is 1.28. The van der Waals surface area contributed by atoms with Crippen LogP contribution >= 0.6 is 0 Å². The summed E-state index contributed by atoms with van der Waals surface area (Å²) < 4.78 is 5.98. The molecule has 0 bridgehead atoms. The summed E-state index contributed by atoms with van der Waals surface area (Å²) in [5, 5.41) is 3.26. The minimum atomic E-state index is 0.0787. The van der Waals surface area contributed by atoms with Gasteiger partial charge in [-0.05, 0) is 18.7 Å². The summed E-state index contributed by atoms with van der Waals surface area (Å²) in [4.78, 5) is 10.7. The molecule has 0 unspecified atom stereocenters. The van der Waals surface area contributed by atoms with Crippen LogP contribution in [-0.2, 0) is 4.74 Å². The van der Waals surface area contributed by atoms with E-state index in [1.165, 1.54) is 5.56 Å². The highest BCUT2D eigenvalue weighted by Crippen LogP contribution is 2.28. The lowest BCUT2D eigenvalue weighted by atomic mass is 9.98. The van der Waals surface area contributed by atoms with E-state index in [4.69, 9.17) is 4.74 Å². The fraction of sp³-hybridized carbons (Fsp3) is 0.375. The smallest absolute Gasteiger partial charge is 0.222 e. The van der Waals surface area contributed by atoms with Crippen LogP contribution in [0.5, 0.6) is 0 Å². The molecular formula is C16H20N4O. The molecule has 0 amide bonds. The lowest BCUT2D eigenvalue weighted by Gasteiger charge is -2.39. The Morgan fingerprint density at radius 3 is 2.71 bits per heavy atom. The number of hydrogen-bond acceptors (Lipinski definition) is 5. The van der Waals surface area contributed by atoms with Crippen molar-refractivity contribution in [1.82, 2.24) is 14.9 Å². The van der Waals surface area contributed by atoms with E-state index >= 15 is 0 Å². The monoisotopic (exact) mass is 284 g/mol. The summed E-state index contributed by atoms with van der Waals surface area (Å²) >= 11 is 0. The maximum absolute atomic E-state index is 5.98. The van der Waals surface area contributed by atoms with Crippen molar-refractivity contribution in [1.29, 1.82) is 0 Å². The number of likely N-dealkylation sites (N-methyl/N-ethyl adjacent to an activating group) is 1. The molecule has 1 aliphatic heterocycles. The Balaban J connectivity index is 1.72. The van der Waals surface area contributed by atoms with Gasteiger partial charge in [0.25, 0.3) is 0 Å². The van der Waals surface area contributed by atoms with E-state index in [1.807, 2.05) is 12.1 Å². The summed E-state index contributed by atoms with van der Waals surface area (Å²) in [6.07, 6.45) is 3.55. The largest absolute Gasteiger partial charge is 0.373 e. The third-order valence-electron chi connectivity index (χ3n) is 3.77. The van der Waals surface area contributed by atoms with Gasteiger partial charge in [0.05, 0.1) is 18.8 Å². The van der Waals surface area contributed by atoms with Crippen LogP contribution < -0.4 is 5.32 Å². The molecule has 3 rings (SSSR count). The van der Waals surface area contributed by atoms with Gasteiger partial charge in [-0.1, -0.05) is 30.3 Å². The lowest BCUT2D eigenvalue weighted by Crippen LogP contribution is -2.46. The van der Waals surface area contributed by atoms with Crippen molar-refractivity contribution in [3.05, 3.63) is 54.4 Å². The lowest BCUT2D eigenvalue weighted by molar-refractivity contribution is -0.0557. The molecule has 0 spiro atoms. The minimum absolute atomic E-state index is 0.0787. The van der Waals surface area contributed by atoms with Crippen LogP contribution in [-0.4, -0.2) is 47.7 Å². The van der Waals surface area contributed by atoms with Crippen molar-refractivity contribution in [3.8, 4) is 0 Å². The van der Waals surface area contributed by atoms with Crippen LogP contribution in [0, 0.1) is 0 Å². The van der Waals surface area contributed by atoms with E-state index < -0.39 is 0 Å². The number of nitrogens with zero attached hydrogens (tertiary/aromatic N) is 3. The summed E-state index contributed by atoms with van der Waals surface area (Å²) in [6.45, 7) is 2.38. The van der Waals surface area contributed by atoms with E-state index in [0.29, 0.717) is 12.5 Å². The Morgan fingerprint density at radius 1 is 1.19 bits per heavy atom. The highest BCUT2D eigenvalue weighted by atomic mass is 16.5. The van der Waals surface area contributed by atoms with E-state index in [1.54, 1.807) is 12.4 Å². The Morgan fingerprint density at radius 2 is 1.95 bits per heavy atom. The number of anilines is 1. The normalized spacial score (nSPS) is 22.9. The second kappa shape index (κ2) is 6.65. The van der Waals surface area contributed by atoms with E-state index in [-0.39, 0.29) is 12.1 Å². The van der Waals surface area contributed by atoms with Gasteiger partial charge in [0, 0.05) is 25.5 Å². The number of rotatable bonds is 4. The molecule has 1 N–H and O–H groups in total. The predicted molar refractivity (Wildman–Crippen MR) is 82.1 cm³/mol. The van der Waals surface area contributed by atoms with Crippen molar-refractivity contribution in [2.24, 2.45) is 0 Å². The van der Waals surface area contributed by atoms with Gasteiger partial charge < -0.3 is 10.1 Å². The molecule has 5 heteroatoms. The number of morpholine rings is 1. The number of nitrogens with one attached hydrogen (secondary N) is 1. The fourth-order valence-electron chi connectivity index (χ4n) is 2.73. The zero-order chi connectivity index (χ0) is 14.5. The van der Waals surface area contributed by atoms with Crippen LogP contribution in [0.2, 0.25) is 0 Å². The van der Waals surface area contributed by atoms with Crippen molar-refractivity contribution in [2.75, 3.05) is 32.1 Å². The highest BCUT2D eigenvalue weighted by molar-refractivity contribution is 5.25. The standard InChI is InChI=1S/C16H20N4O/c1-20-10-11-21-14(12-19-16-17-8-5-9-18-16)15(20)13-6-3-2-4-7-13/h2-9,14-15H,10-12H2,1H3,(H,17,18,19)/t14-,15-/m0/s1. The minimum Gasteiger partial charge on any atom is -0.373 e. The number of benzene rings is 1. The van der Waals surface area contributed by atoms with Gasteiger partial charge in [0.2, 0.25) is 5.95 Å². The molecule has 0 saturated carbocycles. The van der Waals surface area contributed by atoms with Gasteiger partial charge in [0.1, 0.15) is 0 Å². The molecule has 2 aromatic rings. The molecule has 5 nitrogen and oxygen atoms in total. The predicted octanol–water partition coefficient (Wildman–Crippen LogP) is 1.96. The van der Waals surface area contributed by atoms with Gasteiger partial charge in [-0.15, -0.1) is 0 Å². The molecule has 21 heavy (non-hydrogen) atoms. The molecule has 0 radical (unpaired) electrons. The SMILES string of the molecule is CN1CCO[C@@H](CNc2ncccn2)[C@@H]1c1ccccc1. The van der Waals surface area contributed by atoms with Gasteiger partial charge in [0.15, 0.2) is 0 Å². The maximum Gasteiger partial charge on any atom is 0.222 e. The topological polar surface area (TPSA) is 50.3 Å². The molecular weight excluding hydrogens is 264 g/mol. The van der Waals surface area contributed by atoms with Gasteiger partial charge in [-0.25, -0.2) is 9.97 Å². The molecule has 1 fully saturated rings. The first-order valence-electron chi connectivity index (χ1n) is 7.22. The van der Waals surface area contributed by atoms with Crippen LogP contribution in [0.1, 0.15) is 11.6 Å². The molecule has 1 aromatic heterocycles. The average Bonchev–Trinajstić information content (AvgIpc) is 2.55. The van der Waals surface area contributed by atoms with Crippen molar-refractivity contribution in [3.63, 3.8) is 0 Å². The molecule has 1 aromatic carbocycles. The molecule has 1 saturated heterocycles. The second-order valence-electron chi connectivity index (χ2n) is 5.20. The second-order valence-corrected chi connectivity index (χ2v) is 5.20. The quantitative estimate of drug-likeness (QED) is 0.930. The Hall–Kier alpha value is -1.98. The Labute approximate surface area is 125 Å². The summed E-state index contributed by atoms with van der Waals surface area (Å²) in [5.74, 6) is 0.640. The Bertz CT molecular complexity index is 549. The molecule has 110 valence electrons. The highest BCUT2D eigenvalue weighted by Gasteiger charge is 2.31. The fourth-order valence-corrected chi connectivity index (χ4v) is 2.73. The first-order valence-corrected chi connectivity index (χ1v) is 7.22. The zero-order valence-electron chi connectivity index (χ0n) is 12.1. The van der Waals surface area contributed by atoms with Crippen LogP contribution in [0.15, 0.2) is 48.8 Å². The first-order chi connectivity index (χ1) is 10.3. The molecule has 2 atom stereocenters. The first kappa shape index (κ1) is 14.0. The van der Waals surface area contributed by atoms with Crippen LogP contribution in [0.3, 0.4) is 0 Å². The number of aromatic nitrogens is 2. The third kappa shape index (κ3) is 3.37. The average molecular weight is 284 g/mol. The van der Waals surface area contributed by atoms with Crippen molar-refractivity contribution >= 4 is 5.95 Å². The summed E-state index contributed by atoms with van der Waals surface area (Å²) in [6, 6.07) is 12.5. The van der Waals surface area contributed by atoms with Crippen molar-refractivity contribution in [2.45, 2.75) is 12.1 Å². The van der Waals surface area contributed by atoms with E-state index in [0.717, 1.165) is 13.2 Å². The Kier molecular flexibility index (Phi) is 4.43. The molecule has 2 heterocycles. The van der Waals surface area contributed by atoms with E-state index in [2.05, 4.69) is 51.5 Å².